The lowest BCUT2D eigenvalue weighted by atomic mass is 10.1. The number of benzene rings is 1. The highest BCUT2D eigenvalue weighted by molar-refractivity contribution is 5.96. The molecule has 0 atom stereocenters. The summed E-state index contributed by atoms with van der Waals surface area (Å²) in [4.78, 5) is 25.4. The molecule has 0 spiro atoms. The summed E-state index contributed by atoms with van der Waals surface area (Å²) in [5.41, 5.74) is 2.74. The number of rotatable bonds is 7. The number of hydrogen-bond donors (Lipinski definition) is 0. The average Bonchev–Trinajstić information content (AvgIpc) is 2.52. The van der Waals surface area contributed by atoms with Gasteiger partial charge >= 0.3 is 5.97 Å². The van der Waals surface area contributed by atoms with Crippen LogP contribution in [0.25, 0.3) is 0 Å². The number of nitrogens with zero attached hydrogens (tertiary/aromatic N) is 2. The third kappa shape index (κ3) is 6.49. The van der Waals surface area contributed by atoms with Crippen molar-refractivity contribution in [3.8, 4) is 6.07 Å². The standard InChI is InChI=1S/C19H22N2O3/c1-4-5-6-8-19(23)24-14-18(22)21(10-7-9-20)17-12-15(2)11-16(3)13-17/h4-6,8,11-13H,7,10,14H2,1-3H3/b5-4+,8-6+. The summed E-state index contributed by atoms with van der Waals surface area (Å²) < 4.78 is 4.96. The van der Waals surface area contributed by atoms with E-state index in [9.17, 15) is 9.59 Å². The Morgan fingerprint density at radius 2 is 1.88 bits per heavy atom. The maximum absolute atomic E-state index is 12.4. The van der Waals surface area contributed by atoms with Crippen molar-refractivity contribution in [1.29, 1.82) is 5.26 Å². The van der Waals surface area contributed by atoms with Crippen molar-refractivity contribution in [2.75, 3.05) is 18.1 Å². The molecule has 24 heavy (non-hydrogen) atoms. The summed E-state index contributed by atoms with van der Waals surface area (Å²) >= 11 is 0. The minimum atomic E-state index is -0.581. The second-order valence-corrected chi connectivity index (χ2v) is 5.29. The zero-order valence-corrected chi connectivity index (χ0v) is 14.3. The van der Waals surface area contributed by atoms with Crippen LogP contribution in [0.5, 0.6) is 0 Å². The number of aryl methyl sites for hydroxylation is 2. The Bertz CT molecular complexity index is 664. The normalized spacial score (nSPS) is 10.8. The van der Waals surface area contributed by atoms with Gasteiger partial charge in [0.25, 0.3) is 5.91 Å². The SMILES string of the molecule is C/C=C/C=C/C(=O)OCC(=O)N(CCC#N)c1cc(C)cc(C)c1. The highest BCUT2D eigenvalue weighted by Crippen LogP contribution is 2.19. The molecule has 0 fully saturated rings. The Kier molecular flexibility index (Phi) is 8.00. The molecule has 1 rings (SSSR count). The summed E-state index contributed by atoms with van der Waals surface area (Å²) in [6.45, 7) is 5.60. The van der Waals surface area contributed by atoms with Crippen LogP contribution in [0.1, 0.15) is 24.5 Å². The first-order chi connectivity index (χ1) is 11.5. The lowest BCUT2D eigenvalue weighted by molar-refractivity contribution is -0.143. The molecule has 0 aliphatic carbocycles. The van der Waals surface area contributed by atoms with Crippen molar-refractivity contribution in [3.63, 3.8) is 0 Å². The molecular weight excluding hydrogens is 304 g/mol. The molecular formula is C19H22N2O3. The largest absolute Gasteiger partial charge is 0.452 e. The van der Waals surface area contributed by atoms with Crippen molar-refractivity contribution >= 4 is 17.6 Å². The predicted octanol–water partition coefficient (Wildman–Crippen LogP) is 3.23. The fraction of sp³-hybridized carbons (Fsp3) is 0.316. The Morgan fingerprint density at radius 1 is 1.21 bits per heavy atom. The minimum absolute atomic E-state index is 0.202. The third-order valence-electron chi connectivity index (χ3n) is 3.14. The van der Waals surface area contributed by atoms with E-state index in [1.165, 1.54) is 11.0 Å². The van der Waals surface area contributed by atoms with Gasteiger partial charge in [0.05, 0.1) is 12.5 Å². The number of hydrogen-bond acceptors (Lipinski definition) is 4. The van der Waals surface area contributed by atoms with E-state index in [0.29, 0.717) is 5.69 Å². The second kappa shape index (κ2) is 10.0. The van der Waals surface area contributed by atoms with Crippen LogP contribution in [0.4, 0.5) is 5.69 Å². The van der Waals surface area contributed by atoms with E-state index in [1.54, 1.807) is 18.2 Å². The van der Waals surface area contributed by atoms with Crippen LogP contribution in [0, 0.1) is 25.2 Å². The minimum Gasteiger partial charge on any atom is -0.452 e. The summed E-state index contributed by atoms with van der Waals surface area (Å²) in [5.74, 6) is -0.940. The zero-order valence-electron chi connectivity index (χ0n) is 14.3. The smallest absolute Gasteiger partial charge is 0.331 e. The number of amides is 1. The van der Waals surface area contributed by atoms with Crippen molar-refractivity contribution in [1.82, 2.24) is 0 Å². The number of nitriles is 1. The van der Waals surface area contributed by atoms with Gasteiger partial charge in [-0.25, -0.2) is 4.79 Å². The molecule has 0 saturated heterocycles. The van der Waals surface area contributed by atoms with E-state index in [4.69, 9.17) is 10.00 Å². The van der Waals surface area contributed by atoms with Gasteiger partial charge in [-0.15, -0.1) is 0 Å². The van der Waals surface area contributed by atoms with Gasteiger partial charge in [0.15, 0.2) is 6.61 Å². The molecule has 0 unspecified atom stereocenters. The molecule has 5 nitrogen and oxygen atoms in total. The van der Waals surface area contributed by atoms with Gasteiger partial charge < -0.3 is 9.64 Å². The molecule has 0 radical (unpaired) electrons. The van der Waals surface area contributed by atoms with Crippen molar-refractivity contribution < 1.29 is 14.3 Å². The summed E-state index contributed by atoms with van der Waals surface area (Å²) in [6, 6.07) is 7.78. The van der Waals surface area contributed by atoms with E-state index in [0.717, 1.165) is 11.1 Å². The molecule has 0 aromatic heterocycles. The molecule has 1 aromatic carbocycles. The van der Waals surface area contributed by atoms with Gasteiger partial charge in [-0.2, -0.15) is 5.26 Å². The van der Waals surface area contributed by atoms with Gasteiger partial charge in [-0.05, 0) is 44.0 Å². The molecule has 0 heterocycles. The van der Waals surface area contributed by atoms with Crippen LogP contribution in [-0.2, 0) is 14.3 Å². The fourth-order valence-corrected chi connectivity index (χ4v) is 2.17. The second-order valence-electron chi connectivity index (χ2n) is 5.29. The van der Waals surface area contributed by atoms with Gasteiger partial charge in [0, 0.05) is 18.3 Å². The first-order valence-electron chi connectivity index (χ1n) is 7.69. The fourth-order valence-electron chi connectivity index (χ4n) is 2.17. The molecule has 0 saturated carbocycles. The molecule has 0 bridgehead atoms. The van der Waals surface area contributed by atoms with Crippen LogP contribution in [0.15, 0.2) is 42.5 Å². The number of ether oxygens (including phenoxy) is 1. The number of esters is 1. The highest BCUT2D eigenvalue weighted by Gasteiger charge is 2.17. The first-order valence-corrected chi connectivity index (χ1v) is 7.69. The van der Waals surface area contributed by atoms with Gasteiger partial charge in [-0.3, -0.25) is 4.79 Å². The maximum Gasteiger partial charge on any atom is 0.331 e. The van der Waals surface area contributed by atoms with E-state index >= 15 is 0 Å². The van der Waals surface area contributed by atoms with E-state index in [-0.39, 0.29) is 25.5 Å². The predicted molar refractivity (Wildman–Crippen MR) is 93.4 cm³/mol. The third-order valence-corrected chi connectivity index (χ3v) is 3.14. The van der Waals surface area contributed by atoms with Crippen LogP contribution < -0.4 is 4.90 Å². The molecule has 5 heteroatoms. The summed E-state index contributed by atoms with van der Waals surface area (Å²) in [6.07, 6.45) is 6.47. The van der Waals surface area contributed by atoms with Crippen LogP contribution in [0.3, 0.4) is 0 Å². The molecule has 1 amide bonds. The first kappa shape index (κ1) is 19.2. The highest BCUT2D eigenvalue weighted by atomic mass is 16.5. The monoisotopic (exact) mass is 326 g/mol. The summed E-state index contributed by atoms with van der Waals surface area (Å²) in [5, 5.41) is 8.80. The number of carbonyl (C=O) groups is 2. The molecule has 0 aliphatic heterocycles. The van der Waals surface area contributed by atoms with Crippen LogP contribution >= 0.6 is 0 Å². The lowest BCUT2D eigenvalue weighted by Crippen LogP contribution is -2.35. The molecule has 1 aromatic rings. The maximum atomic E-state index is 12.4. The van der Waals surface area contributed by atoms with Crippen LogP contribution in [-0.4, -0.2) is 25.0 Å². The Labute approximate surface area is 142 Å². The van der Waals surface area contributed by atoms with E-state index < -0.39 is 5.97 Å². The van der Waals surface area contributed by atoms with Gasteiger partial charge in [0.2, 0.25) is 0 Å². The average molecular weight is 326 g/mol. The van der Waals surface area contributed by atoms with E-state index in [2.05, 4.69) is 0 Å². The topological polar surface area (TPSA) is 70.4 Å². The van der Waals surface area contributed by atoms with Crippen molar-refractivity contribution in [3.05, 3.63) is 53.6 Å². The quantitative estimate of drug-likeness (QED) is 0.438. The Balaban J connectivity index is 2.82. The molecule has 0 aliphatic rings. The lowest BCUT2D eigenvalue weighted by Gasteiger charge is -2.22. The summed E-state index contributed by atoms with van der Waals surface area (Å²) in [7, 11) is 0. The zero-order chi connectivity index (χ0) is 17.9. The Hall–Kier alpha value is -2.87. The van der Waals surface area contributed by atoms with E-state index in [1.807, 2.05) is 45.0 Å². The number of carbonyl (C=O) groups excluding carboxylic acids is 2. The van der Waals surface area contributed by atoms with Crippen molar-refractivity contribution in [2.45, 2.75) is 27.2 Å². The van der Waals surface area contributed by atoms with Gasteiger partial charge in [0.1, 0.15) is 0 Å². The van der Waals surface area contributed by atoms with Gasteiger partial charge in [-0.1, -0.05) is 24.3 Å². The molecule has 126 valence electrons. The number of allylic oxidation sites excluding steroid dienone is 3. The molecule has 0 N–H and O–H groups in total. The number of anilines is 1. The van der Waals surface area contributed by atoms with Crippen molar-refractivity contribution in [2.24, 2.45) is 0 Å². The Morgan fingerprint density at radius 3 is 2.46 bits per heavy atom. The van der Waals surface area contributed by atoms with Crippen LogP contribution in [0.2, 0.25) is 0 Å².